The third-order valence-electron chi connectivity index (χ3n) is 6.02. The first-order chi connectivity index (χ1) is 15.5. The fourth-order valence-electron chi connectivity index (χ4n) is 4.29. The summed E-state index contributed by atoms with van der Waals surface area (Å²) in [4.78, 5) is 22.6. The van der Waals surface area contributed by atoms with Crippen molar-refractivity contribution in [1.29, 1.82) is 0 Å². The number of anilines is 1. The van der Waals surface area contributed by atoms with Gasteiger partial charge in [-0.2, -0.15) is 13.2 Å². The Hall–Kier alpha value is -3.27. The van der Waals surface area contributed by atoms with Gasteiger partial charge in [0, 0.05) is 41.8 Å². The first-order valence-electron chi connectivity index (χ1n) is 10.5. The second kappa shape index (κ2) is 7.13. The largest absolute Gasteiger partial charge is 0.431 e. The molecular formula is C22H19F3N6O. The van der Waals surface area contributed by atoms with E-state index in [-0.39, 0.29) is 5.65 Å². The van der Waals surface area contributed by atoms with Gasteiger partial charge in [0.2, 0.25) is 0 Å². The molecule has 0 unspecified atom stereocenters. The highest BCUT2D eigenvalue weighted by Crippen LogP contribution is 2.45. The van der Waals surface area contributed by atoms with E-state index in [0.29, 0.717) is 54.5 Å². The van der Waals surface area contributed by atoms with Crippen LogP contribution in [-0.4, -0.2) is 51.2 Å². The summed E-state index contributed by atoms with van der Waals surface area (Å²) in [5.41, 5.74) is 1.62. The molecule has 0 amide bonds. The molecular weight excluding hydrogens is 421 g/mol. The van der Waals surface area contributed by atoms with Gasteiger partial charge in [0.25, 0.3) is 0 Å². The Labute approximate surface area is 180 Å². The molecule has 0 spiro atoms. The molecule has 2 aliphatic rings. The van der Waals surface area contributed by atoms with Crippen molar-refractivity contribution in [3.8, 4) is 11.4 Å². The second-order valence-electron chi connectivity index (χ2n) is 8.17. The van der Waals surface area contributed by atoms with Gasteiger partial charge >= 0.3 is 6.18 Å². The van der Waals surface area contributed by atoms with E-state index in [1.807, 2.05) is 6.20 Å². The average Bonchev–Trinajstić information content (AvgIpc) is 3.54. The molecule has 10 heteroatoms. The number of fused-ring (bicyclic) bond motifs is 2. The van der Waals surface area contributed by atoms with Gasteiger partial charge < -0.3 is 14.6 Å². The number of morpholine rings is 1. The van der Waals surface area contributed by atoms with Crippen LogP contribution in [0.5, 0.6) is 0 Å². The van der Waals surface area contributed by atoms with Crippen LogP contribution in [-0.2, 0) is 10.9 Å². The van der Waals surface area contributed by atoms with Crippen LogP contribution in [0.15, 0.2) is 30.7 Å². The molecule has 1 saturated carbocycles. The minimum Gasteiger partial charge on any atom is -0.378 e. The second-order valence-corrected chi connectivity index (χ2v) is 8.17. The molecule has 32 heavy (non-hydrogen) atoms. The molecule has 4 aromatic heterocycles. The van der Waals surface area contributed by atoms with Crippen molar-refractivity contribution in [2.24, 2.45) is 0 Å². The standard InChI is InChI=1S/C22H19F3N6O/c23-22(24,25)17-9-14-13(3-4-27-19(14)29-17)20-28-16-11-26-10-15(12-1-2-12)18(16)21(30-20)31-5-7-32-8-6-31/h3-4,9-12H,1-2,5-8H2,(H,27,29). The number of nitrogens with zero attached hydrogens (tertiary/aromatic N) is 5. The zero-order chi connectivity index (χ0) is 21.9. The number of aromatic amines is 1. The Balaban J connectivity index is 1.58. The fourth-order valence-corrected chi connectivity index (χ4v) is 4.29. The van der Waals surface area contributed by atoms with Crippen molar-refractivity contribution in [3.63, 3.8) is 0 Å². The SMILES string of the molecule is FC(F)(F)c1cc2c(-c3nc(N4CCOCC4)c4c(C5CC5)cncc4n3)ccnc2[nH]1. The lowest BCUT2D eigenvalue weighted by atomic mass is 10.1. The Bertz CT molecular complexity index is 1320. The number of halogens is 3. The van der Waals surface area contributed by atoms with Crippen LogP contribution in [0.3, 0.4) is 0 Å². The summed E-state index contributed by atoms with van der Waals surface area (Å²) >= 11 is 0. The number of hydrogen-bond acceptors (Lipinski definition) is 6. The molecule has 7 nitrogen and oxygen atoms in total. The van der Waals surface area contributed by atoms with Crippen LogP contribution in [0.2, 0.25) is 0 Å². The van der Waals surface area contributed by atoms with Crippen LogP contribution in [0, 0.1) is 0 Å². The minimum absolute atomic E-state index is 0.149. The lowest BCUT2D eigenvalue weighted by Gasteiger charge is -2.29. The van der Waals surface area contributed by atoms with E-state index in [1.54, 1.807) is 12.3 Å². The van der Waals surface area contributed by atoms with Gasteiger partial charge in [-0.15, -0.1) is 0 Å². The summed E-state index contributed by atoms with van der Waals surface area (Å²) in [7, 11) is 0. The number of nitrogens with one attached hydrogen (secondary N) is 1. The molecule has 1 N–H and O–H groups in total. The third-order valence-corrected chi connectivity index (χ3v) is 6.02. The van der Waals surface area contributed by atoms with Crippen LogP contribution in [0.4, 0.5) is 19.0 Å². The highest BCUT2D eigenvalue weighted by atomic mass is 19.4. The van der Waals surface area contributed by atoms with Crippen molar-refractivity contribution in [3.05, 3.63) is 42.0 Å². The molecule has 5 heterocycles. The molecule has 0 bridgehead atoms. The third kappa shape index (κ3) is 3.26. The van der Waals surface area contributed by atoms with Gasteiger partial charge in [-0.25, -0.2) is 15.0 Å². The molecule has 0 atom stereocenters. The molecule has 1 aliphatic heterocycles. The van der Waals surface area contributed by atoms with Gasteiger partial charge in [-0.3, -0.25) is 4.98 Å². The van der Waals surface area contributed by atoms with Gasteiger partial charge in [-0.1, -0.05) is 0 Å². The Morgan fingerprint density at radius 3 is 2.66 bits per heavy atom. The Kier molecular flexibility index (Phi) is 4.32. The van der Waals surface area contributed by atoms with Crippen LogP contribution in [0.25, 0.3) is 33.3 Å². The van der Waals surface area contributed by atoms with Crippen molar-refractivity contribution < 1.29 is 17.9 Å². The van der Waals surface area contributed by atoms with Gasteiger partial charge in [-0.05, 0) is 36.5 Å². The van der Waals surface area contributed by atoms with E-state index in [1.165, 1.54) is 6.20 Å². The predicted molar refractivity (Wildman–Crippen MR) is 112 cm³/mol. The van der Waals surface area contributed by atoms with Gasteiger partial charge in [0.1, 0.15) is 17.2 Å². The number of alkyl halides is 3. The van der Waals surface area contributed by atoms with E-state index in [2.05, 4.69) is 19.9 Å². The molecule has 2 fully saturated rings. The van der Waals surface area contributed by atoms with Gasteiger partial charge in [0.15, 0.2) is 5.82 Å². The Morgan fingerprint density at radius 1 is 1.09 bits per heavy atom. The number of ether oxygens (including phenoxy) is 1. The smallest absolute Gasteiger partial charge is 0.378 e. The lowest BCUT2D eigenvalue weighted by Crippen LogP contribution is -2.37. The first kappa shape index (κ1) is 19.4. The fraction of sp³-hybridized carbons (Fsp3) is 0.364. The van der Waals surface area contributed by atoms with E-state index >= 15 is 0 Å². The van der Waals surface area contributed by atoms with Crippen molar-refractivity contribution in [2.45, 2.75) is 24.9 Å². The van der Waals surface area contributed by atoms with Crippen molar-refractivity contribution in [2.75, 3.05) is 31.2 Å². The van der Waals surface area contributed by atoms with Crippen LogP contribution >= 0.6 is 0 Å². The van der Waals surface area contributed by atoms with E-state index in [0.717, 1.165) is 35.7 Å². The average molecular weight is 440 g/mol. The molecule has 0 aromatic carbocycles. The predicted octanol–water partition coefficient (Wildman–Crippen LogP) is 4.30. The molecule has 164 valence electrons. The van der Waals surface area contributed by atoms with E-state index in [9.17, 15) is 13.2 Å². The van der Waals surface area contributed by atoms with E-state index in [4.69, 9.17) is 14.7 Å². The molecule has 1 aliphatic carbocycles. The number of pyridine rings is 2. The monoisotopic (exact) mass is 440 g/mol. The maximum absolute atomic E-state index is 13.3. The summed E-state index contributed by atoms with van der Waals surface area (Å²) in [5.74, 6) is 1.59. The van der Waals surface area contributed by atoms with Gasteiger partial charge in [0.05, 0.1) is 24.9 Å². The van der Waals surface area contributed by atoms with Crippen LogP contribution in [0.1, 0.15) is 30.0 Å². The number of rotatable bonds is 3. The highest BCUT2D eigenvalue weighted by Gasteiger charge is 2.34. The molecule has 6 rings (SSSR count). The first-order valence-corrected chi connectivity index (χ1v) is 10.5. The normalized spacial score (nSPS) is 17.4. The lowest BCUT2D eigenvalue weighted by molar-refractivity contribution is -0.140. The minimum atomic E-state index is -4.50. The summed E-state index contributed by atoms with van der Waals surface area (Å²) in [6, 6.07) is 2.72. The summed E-state index contributed by atoms with van der Waals surface area (Å²) in [6.07, 6.45) is 2.78. The van der Waals surface area contributed by atoms with Crippen molar-refractivity contribution in [1.82, 2.24) is 24.9 Å². The van der Waals surface area contributed by atoms with Crippen LogP contribution < -0.4 is 4.90 Å². The zero-order valence-electron chi connectivity index (χ0n) is 17.0. The number of hydrogen-bond donors (Lipinski definition) is 1. The number of H-pyrrole nitrogens is 1. The zero-order valence-corrected chi connectivity index (χ0v) is 17.0. The summed E-state index contributed by atoms with van der Waals surface area (Å²) in [6.45, 7) is 2.56. The Morgan fingerprint density at radius 2 is 1.91 bits per heavy atom. The molecule has 4 aromatic rings. The summed E-state index contributed by atoms with van der Waals surface area (Å²) < 4.78 is 45.4. The highest BCUT2D eigenvalue weighted by molar-refractivity contribution is 5.97. The van der Waals surface area contributed by atoms with Crippen molar-refractivity contribution >= 4 is 27.8 Å². The van der Waals surface area contributed by atoms with E-state index < -0.39 is 11.9 Å². The quantitative estimate of drug-likeness (QED) is 0.512. The summed E-state index contributed by atoms with van der Waals surface area (Å²) in [5, 5.41) is 1.31. The molecule has 1 saturated heterocycles. The maximum Gasteiger partial charge on any atom is 0.431 e. The maximum atomic E-state index is 13.3. The number of aromatic nitrogens is 5. The molecule has 0 radical (unpaired) electrons. The topological polar surface area (TPSA) is 79.8 Å².